The number of halogens is 1. The molecule has 0 saturated carbocycles. The Hall–Kier alpha value is -0.800. The highest BCUT2D eigenvalue weighted by molar-refractivity contribution is 6.29. The molecule has 1 heterocycles. The Balaban J connectivity index is 2.18. The van der Waals surface area contributed by atoms with Gasteiger partial charge in [-0.25, -0.2) is 4.98 Å². The van der Waals surface area contributed by atoms with Crippen LogP contribution in [0.25, 0.3) is 0 Å². The largest absolute Gasteiger partial charge is 0.382 e. The molecule has 0 bridgehead atoms. The molecule has 0 saturated heterocycles. The normalized spacial score (nSPS) is 10.1. The first-order chi connectivity index (χ1) is 6.83. The van der Waals surface area contributed by atoms with Crippen LogP contribution in [0.3, 0.4) is 0 Å². The third-order valence-electron chi connectivity index (χ3n) is 1.69. The predicted molar refractivity (Wildman–Crippen MR) is 58.8 cm³/mol. The van der Waals surface area contributed by atoms with Crippen molar-refractivity contribution >= 4 is 17.4 Å². The molecule has 0 aromatic carbocycles. The van der Waals surface area contributed by atoms with E-state index in [-0.39, 0.29) is 0 Å². The van der Waals surface area contributed by atoms with Crippen molar-refractivity contribution in [3.63, 3.8) is 0 Å². The lowest BCUT2D eigenvalue weighted by Gasteiger charge is -2.05. The number of hydrogen-bond donors (Lipinski definition) is 1. The molecule has 0 spiro atoms. The van der Waals surface area contributed by atoms with E-state index in [1.54, 1.807) is 6.07 Å². The second kappa shape index (κ2) is 6.62. The molecule has 1 N–H and O–H groups in total. The molecule has 0 aliphatic carbocycles. The van der Waals surface area contributed by atoms with Crippen molar-refractivity contribution in [1.29, 1.82) is 0 Å². The van der Waals surface area contributed by atoms with Crippen molar-refractivity contribution in [2.24, 2.45) is 0 Å². The van der Waals surface area contributed by atoms with E-state index in [4.69, 9.17) is 16.3 Å². The van der Waals surface area contributed by atoms with Crippen molar-refractivity contribution < 1.29 is 4.74 Å². The van der Waals surface area contributed by atoms with Crippen LogP contribution in [0.5, 0.6) is 0 Å². The van der Waals surface area contributed by atoms with Crippen LogP contribution in [-0.4, -0.2) is 24.7 Å². The van der Waals surface area contributed by atoms with Crippen molar-refractivity contribution in [2.45, 2.75) is 13.3 Å². The Morgan fingerprint density at radius 2 is 2.36 bits per heavy atom. The topological polar surface area (TPSA) is 34.1 Å². The molecule has 4 heteroatoms. The van der Waals surface area contributed by atoms with Crippen molar-refractivity contribution in [1.82, 2.24) is 4.98 Å². The molecule has 0 fully saturated rings. The highest BCUT2D eigenvalue weighted by Gasteiger charge is 1.93. The fourth-order valence-corrected chi connectivity index (χ4v) is 1.21. The lowest BCUT2D eigenvalue weighted by atomic mass is 10.4. The van der Waals surface area contributed by atoms with Crippen molar-refractivity contribution in [2.75, 3.05) is 25.1 Å². The maximum absolute atomic E-state index is 5.73. The Kier molecular flexibility index (Phi) is 5.33. The van der Waals surface area contributed by atoms with E-state index in [1.807, 2.05) is 19.1 Å². The first-order valence-corrected chi connectivity index (χ1v) is 5.15. The molecule has 0 unspecified atom stereocenters. The summed E-state index contributed by atoms with van der Waals surface area (Å²) in [7, 11) is 0. The van der Waals surface area contributed by atoms with Crippen molar-refractivity contribution in [3.8, 4) is 0 Å². The van der Waals surface area contributed by atoms with Gasteiger partial charge in [0.2, 0.25) is 0 Å². The van der Waals surface area contributed by atoms with Gasteiger partial charge in [0, 0.05) is 19.8 Å². The number of nitrogens with one attached hydrogen (secondary N) is 1. The minimum absolute atomic E-state index is 0.514. The van der Waals surface area contributed by atoms with Crippen LogP contribution in [0, 0.1) is 0 Å². The molecular formula is C10H15ClN2O. The Morgan fingerprint density at radius 3 is 3.07 bits per heavy atom. The van der Waals surface area contributed by atoms with E-state index >= 15 is 0 Å². The highest BCUT2D eigenvalue weighted by atomic mass is 35.5. The Morgan fingerprint density at radius 1 is 1.50 bits per heavy atom. The number of aromatic nitrogens is 1. The molecule has 1 aromatic heterocycles. The van der Waals surface area contributed by atoms with Gasteiger partial charge in [-0.1, -0.05) is 17.7 Å². The average Bonchev–Trinajstić information content (AvgIpc) is 2.18. The van der Waals surface area contributed by atoms with Crippen LogP contribution in [0.15, 0.2) is 18.2 Å². The summed E-state index contributed by atoms with van der Waals surface area (Å²) in [6, 6.07) is 5.53. The summed E-state index contributed by atoms with van der Waals surface area (Å²) in [6.45, 7) is 4.40. The van der Waals surface area contributed by atoms with Crippen LogP contribution in [0.2, 0.25) is 5.15 Å². The number of rotatable bonds is 6. The fraction of sp³-hybridized carbons (Fsp3) is 0.500. The minimum Gasteiger partial charge on any atom is -0.382 e. The average molecular weight is 215 g/mol. The third kappa shape index (κ3) is 4.44. The second-order valence-electron chi connectivity index (χ2n) is 2.82. The molecule has 0 amide bonds. The molecule has 1 aromatic rings. The van der Waals surface area contributed by atoms with E-state index in [2.05, 4.69) is 10.3 Å². The van der Waals surface area contributed by atoms with Gasteiger partial charge in [-0.3, -0.25) is 0 Å². The van der Waals surface area contributed by atoms with Gasteiger partial charge in [0.1, 0.15) is 11.0 Å². The fourth-order valence-electron chi connectivity index (χ4n) is 1.04. The van der Waals surface area contributed by atoms with Gasteiger partial charge >= 0.3 is 0 Å². The maximum atomic E-state index is 5.73. The molecule has 0 aliphatic rings. The zero-order chi connectivity index (χ0) is 10.2. The smallest absolute Gasteiger partial charge is 0.131 e. The van der Waals surface area contributed by atoms with Gasteiger partial charge in [-0.15, -0.1) is 0 Å². The molecule has 3 nitrogen and oxygen atoms in total. The summed E-state index contributed by atoms with van der Waals surface area (Å²) in [5.74, 6) is 0.814. The standard InChI is InChI=1S/C10H15ClN2O/c1-2-14-8-4-7-12-10-6-3-5-9(11)13-10/h3,5-6H,2,4,7-8H2,1H3,(H,12,13). The van der Waals surface area contributed by atoms with Gasteiger partial charge in [-0.2, -0.15) is 0 Å². The zero-order valence-corrected chi connectivity index (χ0v) is 9.05. The van der Waals surface area contributed by atoms with Crippen LogP contribution in [0.1, 0.15) is 13.3 Å². The second-order valence-corrected chi connectivity index (χ2v) is 3.21. The van der Waals surface area contributed by atoms with Crippen LogP contribution < -0.4 is 5.32 Å². The minimum atomic E-state index is 0.514. The molecule has 0 radical (unpaired) electrons. The summed E-state index contributed by atoms with van der Waals surface area (Å²) in [6.07, 6.45) is 0.974. The lowest BCUT2D eigenvalue weighted by Crippen LogP contribution is -2.06. The molecule has 0 aliphatic heterocycles. The zero-order valence-electron chi connectivity index (χ0n) is 8.29. The maximum Gasteiger partial charge on any atom is 0.131 e. The van der Waals surface area contributed by atoms with Crippen LogP contribution in [-0.2, 0) is 4.74 Å². The molecule has 14 heavy (non-hydrogen) atoms. The summed E-state index contributed by atoms with van der Waals surface area (Å²) < 4.78 is 5.21. The first-order valence-electron chi connectivity index (χ1n) is 4.77. The van der Waals surface area contributed by atoms with E-state index in [0.29, 0.717) is 5.15 Å². The van der Waals surface area contributed by atoms with Gasteiger partial charge < -0.3 is 10.1 Å². The van der Waals surface area contributed by atoms with Gasteiger partial charge in [0.25, 0.3) is 0 Å². The summed E-state index contributed by atoms with van der Waals surface area (Å²) in [5, 5.41) is 3.68. The number of ether oxygens (including phenoxy) is 1. The molecule has 0 atom stereocenters. The van der Waals surface area contributed by atoms with E-state index < -0.39 is 0 Å². The Labute approximate surface area is 89.4 Å². The number of nitrogens with zero attached hydrogens (tertiary/aromatic N) is 1. The van der Waals surface area contributed by atoms with Crippen molar-refractivity contribution in [3.05, 3.63) is 23.4 Å². The summed E-state index contributed by atoms with van der Waals surface area (Å²) in [4.78, 5) is 4.10. The molecule has 1 rings (SSSR count). The Bertz CT molecular complexity index is 268. The SMILES string of the molecule is CCOCCCNc1cccc(Cl)n1. The quantitative estimate of drug-likeness (QED) is 0.584. The summed E-state index contributed by atoms with van der Waals surface area (Å²) in [5.41, 5.74) is 0. The predicted octanol–water partition coefficient (Wildman–Crippen LogP) is 2.57. The van der Waals surface area contributed by atoms with E-state index in [0.717, 1.165) is 32.0 Å². The molecule has 78 valence electrons. The van der Waals surface area contributed by atoms with Crippen LogP contribution in [0.4, 0.5) is 5.82 Å². The number of pyridine rings is 1. The number of hydrogen-bond acceptors (Lipinski definition) is 3. The van der Waals surface area contributed by atoms with Gasteiger partial charge in [0.15, 0.2) is 0 Å². The summed E-state index contributed by atoms with van der Waals surface area (Å²) >= 11 is 5.73. The lowest BCUT2D eigenvalue weighted by molar-refractivity contribution is 0.147. The van der Waals surface area contributed by atoms with E-state index in [9.17, 15) is 0 Å². The monoisotopic (exact) mass is 214 g/mol. The van der Waals surface area contributed by atoms with E-state index in [1.165, 1.54) is 0 Å². The van der Waals surface area contributed by atoms with Gasteiger partial charge in [-0.05, 0) is 25.5 Å². The highest BCUT2D eigenvalue weighted by Crippen LogP contribution is 2.08. The van der Waals surface area contributed by atoms with Crippen LogP contribution >= 0.6 is 11.6 Å². The van der Waals surface area contributed by atoms with Gasteiger partial charge in [0.05, 0.1) is 0 Å². The number of anilines is 1. The third-order valence-corrected chi connectivity index (χ3v) is 1.90. The first kappa shape index (κ1) is 11.3. The molecular weight excluding hydrogens is 200 g/mol.